The van der Waals surface area contributed by atoms with E-state index in [1.165, 1.54) is 0 Å². The zero-order chi connectivity index (χ0) is 16.7. The van der Waals surface area contributed by atoms with Crippen molar-refractivity contribution in [3.8, 4) is 34.3 Å². The number of rotatable bonds is 3. The number of methoxy groups -OCH3 is 1. The van der Waals surface area contributed by atoms with Gasteiger partial charge in [0.1, 0.15) is 17.1 Å². The van der Waals surface area contributed by atoms with Crippen molar-refractivity contribution >= 4 is 33.6 Å². The van der Waals surface area contributed by atoms with Crippen LogP contribution in [-0.2, 0) is 0 Å². The molecule has 2 heterocycles. The lowest BCUT2D eigenvalue weighted by molar-refractivity contribution is 0.415. The summed E-state index contributed by atoms with van der Waals surface area (Å²) in [4.78, 5) is 7.68. The summed E-state index contributed by atoms with van der Waals surface area (Å²) < 4.78 is 6.29. The lowest BCUT2D eigenvalue weighted by Gasteiger charge is -1.99. The predicted octanol–water partition coefficient (Wildman–Crippen LogP) is 3.94. The number of H-pyrrole nitrogens is 2. The van der Waals surface area contributed by atoms with Crippen molar-refractivity contribution in [3.05, 3.63) is 46.0 Å². The first-order valence-corrected chi connectivity index (χ1v) is 8.31. The topological polar surface area (TPSA) is 86.8 Å². The fourth-order valence-corrected chi connectivity index (χ4v) is 3.12. The number of aromatic amines is 2. The highest BCUT2D eigenvalue weighted by Crippen LogP contribution is 2.36. The fourth-order valence-electron chi connectivity index (χ4n) is 2.57. The van der Waals surface area contributed by atoms with Gasteiger partial charge in [-0.2, -0.15) is 5.10 Å². The van der Waals surface area contributed by atoms with E-state index < -0.39 is 0 Å². The third-order valence-corrected chi connectivity index (χ3v) is 4.44. The van der Waals surface area contributed by atoms with Crippen LogP contribution in [0.3, 0.4) is 0 Å². The molecule has 7 heteroatoms. The Morgan fingerprint density at radius 3 is 2.83 bits per heavy atom. The third-order valence-electron chi connectivity index (χ3n) is 3.76. The number of benzene rings is 2. The summed E-state index contributed by atoms with van der Waals surface area (Å²) in [5.41, 5.74) is 3.42. The second kappa shape index (κ2) is 5.82. The van der Waals surface area contributed by atoms with Crippen molar-refractivity contribution in [2.75, 3.05) is 7.11 Å². The van der Waals surface area contributed by atoms with E-state index in [9.17, 15) is 5.11 Å². The van der Waals surface area contributed by atoms with Gasteiger partial charge in [-0.15, -0.1) is 0 Å². The summed E-state index contributed by atoms with van der Waals surface area (Å²) >= 11 is 2.23. The van der Waals surface area contributed by atoms with E-state index in [1.807, 2.05) is 42.5 Å². The number of halogens is 1. The molecule has 0 radical (unpaired) electrons. The average Bonchev–Trinajstić information content (AvgIpc) is 3.17. The highest BCUT2D eigenvalue weighted by Gasteiger charge is 2.18. The van der Waals surface area contributed by atoms with E-state index >= 15 is 0 Å². The molecule has 0 saturated carbocycles. The molecule has 0 aliphatic heterocycles. The standard InChI is InChI=1S/C17H13IN4O2/c1-24-11-5-6-12-13(8-11)20-17(19-12)15-16(23)14(21-22-15)9-3-2-4-10(18)7-9/h2-8,23H,1H3,(H,19,20)(H,21,22). The number of ether oxygens (including phenoxy) is 1. The molecule has 4 rings (SSSR count). The molecule has 0 spiro atoms. The van der Waals surface area contributed by atoms with Crippen LogP contribution in [0.5, 0.6) is 11.5 Å². The molecule has 0 aliphatic rings. The van der Waals surface area contributed by atoms with Gasteiger partial charge in [0.15, 0.2) is 11.6 Å². The van der Waals surface area contributed by atoms with Crippen molar-refractivity contribution in [3.63, 3.8) is 0 Å². The number of fused-ring (bicyclic) bond motifs is 1. The number of hydrogen-bond donors (Lipinski definition) is 3. The van der Waals surface area contributed by atoms with Crippen LogP contribution < -0.4 is 4.74 Å². The van der Waals surface area contributed by atoms with Crippen molar-refractivity contribution in [1.82, 2.24) is 20.2 Å². The maximum absolute atomic E-state index is 10.6. The van der Waals surface area contributed by atoms with Crippen molar-refractivity contribution in [1.29, 1.82) is 0 Å². The van der Waals surface area contributed by atoms with E-state index in [1.54, 1.807) is 7.11 Å². The number of imidazole rings is 1. The molecule has 0 bridgehead atoms. The maximum atomic E-state index is 10.6. The highest BCUT2D eigenvalue weighted by molar-refractivity contribution is 14.1. The number of aromatic nitrogens is 4. The Kier molecular flexibility index (Phi) is 3.64. The lowest BCUT2D eigenvalue weighted by atomic mass is 10.1. The van der Waals surface area contributed by atoms with Gasteiger partial charge in [0, 0.05) is 15.2 Å². The molecule has 0 atom stereocenters. The lowest BCUT2D eigenvalue weighted by Crippen LogP contribution is -1.81. The molecular weight excluding hydrogens is 419 g/mol. The van der Waals surface area contributed by atoms with Gasteiger partial charge >= 0.3 is 0 Å². The molecule has 0 aliphatic carbocycles. The monoisotopic (exact) mass is 432 g/mol. The predicted molar refractivity (Wildman–Crippen MR) is 100 cm³/mol. The van der Waals surface area contributed by atoms with Crippen LogP contribution in [0.4, 0.5) is 0 Å². The quantitative estimate of drug-likeness (QED) is 0.428. The molecule has 2 aromatic heterocycles. The Morgan fingerprint density at radius 1 is 1.17 bits per heavy atom. The van der Waals surface area contributed by atoms with Gasteiger partial charge < -0.3 is 14.8 Å². The Hall–Kier alpha value is -2.55. The molecule has 120 valence electrons. The largest absolute Gasteiger partial charge is 0.504 e. The summed E-state index contributed by atoms with van der Waals surface area (Å²) in [5, 5.41) is 17.7. The molecule has 6 nitrogen and oxygen atoms in total. The Morgan fingerprint density at radius 2 is 2.04 bits per heavy atom. The van der Waals surface area contributed by atoms with Gasteiger partial charge in [-0.25, -0.2) is 4.98 Å². The zero-order valence-corrected chi connectivity index (χ0v) is 14.8. The number of aromatic hydroxyl groups is 1. The molecular formula is C17H13IN4O2. The minimum atomic E-state index is 0.0722. The molecule has 0 saturated heterocycles. The minimum absolute atomic E-state index is 0.0722. The van der Waals surface area contributed by atoms with Crippen LogP contribution in [0.15, 0.2) is 42.5 Å². The van der Waals surface area contributed by atoms with E-state index in [0.717, 1.165) is 25.9 Å². The Labute approximate surface area is 151 Å². The highest BCUT2D eigenvalue weighted by atomic mass is 127. The molecule has 0 fully saturated rings. The normalized spacial score (nSPS) is 11.1. The van der Waals surface area contributed by atoms with Gasteiger partial charge in [-0.05, 0) is 46.9 Å². The van der Waals surface area contributed by atoms with Crippen molar-refractivity contribution in [2.24, 2.45) is 0 Å². The van der Waals surface area contributed by atoms with Gasteiger partial charge in [-0.1, -0.05) is 12.1 Å². The smallest absolute Gasteiger partial charge is 0.172 e. The maximum Gasteiger partial charge on any atom is 0.172 e. The van der Waals surface area contributed by atoms with Crippen LogP contribution >= 0.6 is 22.6 Å². The van der Waals surface area contributed by atoms with Crippen LogP contribution in [0.25, 0.3) is 33.8 Å². The van der Waals surface area contributed by atoms with E-state index in [2.05, 4.69) is 42.8 Å². The van der Waals surface area contributed by atoms with Crippen LogP contribution in [-0.4, -0.2) is 32.4 Å². The summed E-state index contributed by atoms with van der Waals surface area (Å²) in [6.07, 6.45) is 0. The van der Waals surface area contributed by atoms with Gasteiger partial charge in [0.05, 0.1) is 18.1 Å². The van der Waals surface area contributed by atoms with Gasteiger partial charge in [-0.3, -0.25) is 5.10 Å². The first kappa shape index (κ1) is 15.0. The Balaban J connectivity index is 1.80. The second-order valence-electron chi connectivity index (χ2n) is 5.27. The van der Waals surface area contributed by atoms with Gasteiger partial charge in [0.2, 0.25) is 0 Å². The summed E-state index contributed by atoms with van der Waals surface area (Å²) in [5.74, 6) is 1.34. The minimum Gasteiger partial charge on any atom is -0.504 e. The van der Waals surface area contributed by atoms with Crippen LogP contribution in [0.2, 0.25) is 0 Å². The van der Waals surface area contributed by atoms with Gasteiger partial charge in [0.25, 0.3) is 0 Å². The van der Waals surface area contributed by atoms with Crippen molar-refractivity contribution < 1.29 is 9.84 Å². The molecule has 4 aromatic rings. The summed E-state index contributed by atoms with van der Waals surface area (Å²) in [7, 11) is 1.62. The summed E-state index contributed by atoms with van der Waals surface area (Å²) in [6.45, 7) is 0. The van der Waals surface area contributed by atoms with E-state index in [4.69, 9.17) is 4.74 Å². The molecule has 0 amide bonds. The molecule has 24 heavy (non-hydrogen) atoms. The Bertz CT molecular complexity index is 1040. The molecule has 2 aromatic carbocycles. The first-order chi connectivity index (χ1) is 11.7. The first-order valence-electron chi connectivity index (χ1n) is 7.23. The summed E-state index contributed by atoms with van der Waals surface area (Å²) in [6, 6.07) is 13.4. The zero-order valence-electron chi connectivity index (χ0n) is 12.7. The van der Waals surface area contributed by atoms with Crippen LogP contribution in [0.1, 0.15) is 0 Å². The third kappa shape index (κ3) is 2.50. The SMILES string of the molecule is COc1ccc2nc(-c3[nH]nc(-c4cccc(I)c4)c3O)[nH]c2c1. The fraction of sp³-hybridized carbons (Fsp3) is 0.0588. The number of hydrogen-bond acceptors (Lipinski definition) is 4. The number of nitrogens with one attached hydrogen (secondary N) is 2. The second-order valence-corrected chi connectivity index (χ2v) is 6.52. The van der Waals surface area contributed by atoms with Crippen molar-refractivity contribution in [2.45, 2.75) is 0 Å². The number of nitrogens with zero attached hydrogens (tertiary/aromatic N) is 2. The van der Waals surface area contributed by atoms with E-state index in [-0.39, 0.29) is 5.75 Å². The average molecular weight is 432 g/mol. The molecule has 0 unspecified atom stereocenters. The van der Waals surface area contributed by atoms with E-state index in [0.29, 0.717) is 17.2 Å². The molecule has 3 N–H and O–H groups in total. The van der Waals surface area contributed by atoms with Crippen LogP contribution in [0, 0.1) is 3.57 Å².